The van der Waals surface area contributed by atoms with Crippen molar-refractivity contribution in [2.24, 2.45) is 0 Å². The van der Waals surface area contributed by atoms with Crippen LogP contribution in [0.1, 0.15) is 33.3 Å². The number of hydrogen-bond donors (Lipinski definition) is 1. The fourth-order valence-corrected chi connectivity index (χ4v) is 1.91. The molecule has 0 bridgehead atoms. The zero-order chi connectivity index (χ0) is 17.0. The van der Waals surface area contributed by atoms with Crippen molar-refractivity contribution in [2.45, 2.75) is 39.3 Å². The van der Waals surface area contributed by atoms with Crippen LogP contribution in [-0.2, 0) is 14.3 Å². The Bertz CT molecular complexity index is 630. The Hall–Kier alpha value is -2.50. The van der Waals surface area contributed by atoms with Crippen molar-refractivity contribution in [1.29, 1.82) is 0 Å². The molecule has 6 heteroatoms. The maximum absolute atomic E-state index is 12.0. The van der Waals surface area contributed by atoms with Gasteiger partial charge < -0.3 is 19.5 Å². The molecule has 0 spiro atoms. The molecule has 1 aromatic carbocycles. The van der Waals surface area contributed by atoms with Gasteiger partial charge in [-0.2, -0.15) is 0 Å². The third-order valence-electron chi connectivity index (χ3n) is 2.92. The van der Waals surface area contributed by atoms with E-state index in [9.17, 15) is 9.59 Å². The zero-order valence-corrected chi connectivity index (χ0v) is 13.7. The highest BCUT2D eigenvalue weighted by atomic mass is 16.6. The fourth-order valence-electron chi connectivity index (χ4n) is 1.91. The molecule has 1 aromatic rings. The van der Waals surface area contributed by atoms with E-state index in [1.54, 1.807) is 26.8 Å². The maximum atomic E-state index is 12.0. The normalized spacial score (nSPS) is 14.7. The summed E-state index contributed by atoms with van der Waals surface area (Å²) in [5.74, 6) is 0.559. The Kier molecular flexibility index (Phi) is 4.93. The first-order valence-electron chi connectivity index (χ1n) is 7.38. The van der Waals surface area contributed by atoms with Gasteiger partial charge in [0, 0.05) is 5.56 Å². The number of alkyl carbamates (subject to hydrolysis) is 1. The summed E-state index contributed by atoms with van der Waals surface area (Å²) in [7, 11) is 0. The third kappa shape index (κ3) is 5.02. The molecule has 0 saturated heterocycles. The molecule has 1 atom stereocenters. The van der Waals surface area contributed by atoms with Crippen molar-refractivity contribution in [1.82, 2.24) is 5.32 Å². The van der Waals surface area contributed by atoms with Crippen LogP contribution < -0.4 is 10.1 Å². The van der Waals surface area contributed by atoms with Crippen molar-refractivity contribution in [3.63, 3.8) is 0 Å². The summed E-state index contributed by atoms with van der Waals surface area (Å²) in [6.07, 6.45) is 1.08. The Morgan fingerprint density at radius 3 is 2.65 bits per heavy atom. The van der Waals surface area contributed by atoms with Crippen LogP contribution >= 0.6 is 0 Å². The first kappa shape index (κ1) is 16.9. The Labute approximate surface area is 135 Å². The van der Waals surface area contributed by atoms with E-state index in [0.717, 1.165) is 11.3 Å². The van der Waals surface area contributed by atoms with E-state index in [0.29, 0.717) is 5.76 Å². The van der Waals surface area contributed by atoms with Gasteiger partial charge in [0.05, 0.1) is 0 Å². The predicted octanol–water partition coefficient (Wildman–Crippen LogP) is 2.88. The van der Waals surface area contributed by atoms with Gasteiger partial charge in [-0.1, -0.05) is 18.2 Å². The molecule has 0 saturated carbocycles. The summed E-state index contributed by atoms with van der Waals surface area (Å²) in [6, 6.07) is 6.62. The number of hydrogen-bond acceptors (Lipinski definition) is 5. The van der Waals surface area contributed by atoms with Crippen LogP contribution in [0.25, 0.3) is 6.08 Å². The first-order valence-corrected chi connectivity index (χ1v) is 7.38. The number of carbonyl (C=O) groups is 2. The second-order valence-electron chi connectivity index (χ2n) is 6.23. The topological polar surface area (TPSA) is 73.9 Å². The quantitative estimate of drug-likeness (QED) is 0.867. The van der Waals surface area contributed by atoms with Crippen LogP contribution in [0.5, 0.6) is 5.75 Å². The highest BCUT2D eigenvalue weighted by Gasteiger charge is 2.23. The maximum Gasteiger partial charge on any atom is 0.408 e. The average molecular weight is 319 g/mol. The summed E-state index contributed by atoms with van der Waals surface area (Å²) in [5.41, 5.74) is 0.214. The minimum atomic E-state index is -0.831. The van der Waals surface area contributed by atoms with Gasteiger partial charge in [0.15, 0.2) is 0 Å². The molecule has 0 radical (unpaired) electrons. The number of esters is 1. The Balaban J connectivity index is 1.92. The molecule has 0 fully saturated rings. The van der Waals surface area contributed by atoms with E-state index in [4.69, 9.17) is 14.2 Å². The van der Waals surface area contributed by atoms with Crippen LogP contribution in [0.4, 0.5) is 4.79 Å². The highest BCUT2D eigenvalue weighted by molar-refractivity contribution is 5.82. The monoisotopic (exact) mass is 319 g/mol. The molecule has 2 rings (SSSR count). The molecule has 1 aliphatic heterocycles. The number of carbonyl (C=O) groups excluding carboxylic acids is 2. The number of ether oxygens (including phenoxy) is 3. The van der Waals surface area contributed by atoms with Crippen molar-refractivity contribution in [3.8, 4) is 5.75 Å². The predicted molar refractivity (Wildman–Crippen MR) is 84.8 cm³/mol. The number of rotatable bonds is 3. The summed E-state index contributed by atoms with van der Waals surface area (Å²) < 4.78 is 15.9. The molecular formula is C17H21NO5. The van der Waals surface area contributed by atoms with Gasteiger partial charge in [-0.15, -0.1) is 0 Å². The van der Waals surface area contributed by atoms with Crippen molar-refractivity contribution in [2.75, 3.05) is 6.61 Å². The summed E-state index contributed by atoms with van der Waals surface area (Å²) in [5, 5.41) is 2.44. The number of amides is 1. The lowest BCUT2D eigenvalue weighted by Crippen LogP contribution is -2.42. The van der Waals surface area contributed by atoms with Crippen molar-refractivity contribution >= 4 is 18.1 Å². The van der Waals surface area contributed by atoms with Gasteiger partial charge in [0.25, 0.3) is 0 Å². The van der Waals surface area contributed by atoms with Gasteiger partial charge in [-0.25, -0.2) is 9.59 Å². The molecule has 1 amide bonds. The molecule has 124 valence electrons. The smallest absolute Gasteiger partial charge is 0.408 e. The second-order valence-corrected chi connectivity index (χ2v) is 6.23. The Morgan fingerprint density at radius 1 is 1.26 bits per heavy atom. The number of nitrogens with one attached hydrogen (secondary N) is 1. The second kappa shape index (κ2) is 6.73. The SMILES string of the molecule is C[C@H](NC(=O)OC(C)(C)C)C(=O)OC1=Cc2ccccc2OC1. The molecule has 0 aromatic heterocycles. The van der Waals surface area contributed by atoms with E-state index >= 15 is 0 Å². The molecule has 23 heavy (non-hydrogen) atoms. The van der Waals surface area contributed by atoms with E-state index in [2.05, 4.69) is 5.32 Å². The number of benzene rings is 1. The van der Waals surface area contributed by atoms with E-state index < -0.39 is 23.7 Å². The van der Waals surface area contributed by atoms with Crippen LogP contribution in [0.2, 0.25) is 0 Å². The van der Waals surface area contributed by atoms with Crippen LogP contribution in [0, 0.1) is 0 Å². The van der Waals surface area contributed by atoms with Gasteiger partial charge >= 0.3 is 12.1 Å². The van der Waals surface area contributed by atoms with Crippen LogP contribution in [-0.4, -0.2) is 30.3 Å². The van der Waals surface area contributed by atoms with E-state index in [1.165, 1.54) is 6.92 Å². The lowest BCUT2D eigenvalue weighted by atomic mass is 10.1. The van der Waals surface area contributed by atoms with Crippen LogP contribution in [0.15, 0.2) is 30.0 Å². The number of fused-ring (bicyclic) bond motifs is 1. The molecule has 1 N–H and O–H groups in total. The molecule has 1 aliphatic rings. The summed E-state index contributed by atoms with van der Waals surface area (Å²) in [6.45, 7) is 6.94. The minimum absolute atomic E-state index is 0.169. The first-order chi connectivity index (χ1) is 10.7. The average Bonchev–Trinajstić information content (AvgIpc) is 2.45. The van der Waals surface area contributed by atoms with E-state index in [1.807, 2.05) is 24.3 Å². The minimum Gasteiger partial charge on any atom is -0.485 e. The molecule has 6 nitrogen and oxygen atoms in total. The van der Waals surface area contributed by atoms with Gasteiger partial charge in [-0.3, -0.25) is 0 Å². The molecular weight excluding hydrogens is 298 g/mol. The summed E-state index contributed by atoms with van der Waals surface area (Å²) in [4.78, 5) is 23.7. The van der Waals surface area contributed by atoms with Gasteiger partial charge in [0.2, 0.25) is 0 Å². The lowest BCUT2D eigenvalue weighted by molar-refractivity contribution is -0.142. The third-order valence-corrected chi connectivity index (χ3v) is 2.92. The van der Waals surface area contributed by atoms with Crippen molar-refractivity contribution in [3.05, 3.63) is 35.6 Å². The zero-order valence-electron chi connectivity index (χ0n) is 13.7. The van der Waals surface area contributed by atoms with Gasteiger partial charge in [0.1, 0.15) is 29.8 Å². The highest BCUT2D eigenvalue weighted by Crippen LogP contribution is 2.26. The molecule has 0 aliphatic carbocycles. The van der Waals surface area contributed by atoms with Gasteiger partial charge in [-0.05, 0) is 39.8 Å². The molecule has 1 heterocycles. The Morgan fingerprint density at radius 2 is 1.96 bits per heavy atom. The van der Waals surface area contributed by atoms with Crippen LogP contribution in [0.3, 0.4) is 0 Å². The fraction of sp³-hybridized carbons (Fsp3) is 0.412. The molecule has 0 unspecified atom stereocenters. The number of para-hydroxylation sites is 1. The standard InChI is InChI=1S/C17H21NO5/c1-11(18-16(20)23-17(2,3)4)15(19)22-13-9-12-7-5-6-8-14(12)21-10-13/h5-9,11H,10H2,1-4H3,(H,18,20)/t11-/m0/s1. The van der Waals surface area contributed by atoms with Crippen molar-refractivity contribution < 1.29 is 23.8 Å². The lowest BCUT2D eigenvalue weighted by Gasteiger charge is -2.22. The largest absolute Gasteiger partial charge is 0.485 e. The summed E-state index contributed by atoms with van der Waals surface area (Å²) >= 11 is 0. The van der Waals surface area contributed by atoms with E-state index in [-0.39, 0.29) is 6.61 Å².